The van der Waals surface area contributed by atoms with Gasteiger partial charge in [-0.05, 0) is 42.5 Å². The van der Waals surface area contributed by atoms with E-state index in [1.807, 2.05) is 42.5 Å². The number of aliphatic hydroxyl groups is 1. The van der Waals surface area contributed by atoms with E-state index in [1.54, 1.807) is 6.92 Å². The Kier molecular flexibility index (Phi) is 8.38. The predicted octanol–water partition coefficient (Wildman–Crippen LogP) is 4.45. The van der Waals surface area contributed by atoms with Gasteiger partial charge in [0.2, 0.25) is 0 Å². The molecule has 4 N–H and O–H groups in total. The molecular weight excluding hydrogens is 425 g/mol. The molecule has 0 aromatic heterocycles. The van der Waals surface area contributed by atoms with Gasteiger partial charge < -0.3 is 16.2 Å². The molecule has 2 unspecified atom stereocenters. The smallest absolute Gasteiger partial charge is 0.193 e. The highest BCUT2D eigenvalue weighted by Crippen LogP contribution is 2.21. The van der Waals surface area contributed by atoms with Gasteiger partial charge in [-0.15, -0.1) is 24.0 Å². The molecule has 0 aliphatic carbocycles. The molecule has 0 bridgehead atoms. The minimum atomic E-state index is -1.05. The van der Waals surface area contributed by atoms with E-state index in [-0.39, 0.29) is 30.5 Å². The average molecular weight is 453 g/mol. The van der Waals surface area contributed by atoms with Gasteiger partial charge in [0, 0.05) is 5.69 Å². The van der Waals surface area contributed by atoms with E-state index < -0.39 is 5.60 Å². The topological polar surface area (TPSA) is 70.6 Å². The molecule has 0 aliphatic heterocycles. The second-order valence-corrected chi connectivity index (χ2v) is 6.40. The zero-order valence-electron chi connectivity index (χ0n) is 15.1. The van der Waals surface area contributed by atoms with Gasteiger partial charge in [-0.25, -0.2) is 4.99 Å². The lowest BCUT2D eigenvalue weighted by Crippen LogP contribution is -2.29. The Morgan fingerprint density at radius 2 is 1.76 bits per heavy atom. The maximum absolute atomic E-state index is 10.5. The van der Waals surface area contributed by atoms with Crippen LogP contribution >= 0.6 is 24.0 Å². The van der Waals surface area contributed by atoms with Crippen molar-refractivity contribution in [1.29, 1.82) is 0 Å². The van der Waals surface area contributed by atoms with Gasteiger partial charge in [-0.1, -0.05) is 56.3 Å². The standard InChI is InChI=1S/C20H27N3O.HI/c1-4-15(2)16-10-12-18(13-11-16)23-19(21)22-14-20(3,24)17-8-6-5-7-9-17;/h5-13,15,24H,4,14H2,1-3H3,(H3,21,22,23);1H. The van der Waals surface area contributed by atoms with Crippen LogP contribution in [0.3, 0.4) is 0 Å². The molecule has 2 rings (SSSR count). The summed E-state index contributed by atoms with van der Waals surface area (Å²) in [6.45, 7) is 6.32. The summed E-state index contributed by atoms with van der Waals surface area (Å²) in [6, 6.07) is 17.7. The molecule has 2 atom stereocenters. The van der Waals surface area contributed by atoms with Crippen molar-refractivity contribution in [3.63, 3.8) is 0 Å². The van der Waals surface area contributed by atoms with E-state index in [0.717, 1.165) is 17.7 Å². The third-order valence-electron chi connectivity index (χ3n) is 4.32. The van der Waals surface area contributed by atoms with Crippen LogP contribution in [0.4, 0.5) is 5.69 Å². The van der Waals surface area contributed by atoms with Crippen molar-refractivity contribution in [1.82, 2.24) is 0 Å². The second kappa shape index (κ2) is 9.77. The SMILES string of the molecule is CCC(C)c1ccc(NC(N)=NCC(C)(O)c2ccccc2)cc1.I. The number of benzene rings is 2. The van der Waals surface area contributed by atoms with Crippen molar-refractivity contribution in [2.45, 2.75) is 38.7 Å². The van der Waals surface area contributed by atoms with E-state index in [2.05, 4.69) is 36.3 Å². The lowest BCUT2D eigenvalue weighted by molar-refractivity contribution is 0.0674. The third kappa shape index (κ3) is 6.32. The lowest BCUT2D eigenvalue weighted by atomic mass is 9.96. The number of aliphatic imine (C=N–C) groups is 1. The van der Waals surface area contributed by atoms with Crippen molar-refractivity contribution in [3.05, 3.63) is 65.7 Å². The fourth-order valence-electron chi connectivity index (χ4n) is 2.45. The summed E-state index contributed by atoms with van der Waals surface area (Å²) in [6.07, 6.45) is 1.12. The number of nitrogens with two attached hydrogens (primary N) is 1. The maximum Gasteiger partial charge on any atom is 0.193 e. The normalized spacial score (nSPS) is 15.0. The van der Waals surface area contributed by atoms with Gasteiger partial charge in [0.1, 0.15) is 5.60 Å². The molecule has 2 aromatic carbocycles. The Morgan fingerprint density at radius 3 is 2.32 bits per heavy atom. The van der Waals surface area contributed by atoms with Crippen LogP contribution in [0.25, 0.3) is 0 Å². The number of hydrogen-bond donors (Lipinski definition) is 3. The monoisotopic (exact) mass is 453 g/mol. The first kappa shape index (κ1) is 21.4. The van der Waals surface area contributed by atoms with Crippen molar-refractivity contribution < 1.29 is 5.11 Å². The number of guanidine groups is 1. The first-order valence-corrected chi connectivity index (χ1v) is 8.37. The van der Waals surface area contributed by atoms with E-state index in [0.29, 0.717) is 11.9 Å². The Labute approximate surface area is 167 Å². The van der Waals surface area contributed by atoms with E-state index in [1.165, 1.54) is 5.56 Å². The molecule has 0 saturated carbocycles. The molecular formula is C20H28IN3O. The molecule has 0 saturated heterocycles. The highest BCUT2D eigenvalue weighted by Gasteiger charge is 2.22. The Morgan fingerprint density at radius 1 is 1.16 bits per heavy atom. The number of nitrogens with one attached hydrogen (secondary N) is 1. The molecule has 0 amide bonds. The highest BCUT2D eigenvalue weighted by atomic mass is 127. The van der Waals surface area contributed by atoms with Gasteiger partial charge in [0.25, 0.3) is 0 Å². The summed E-state index contributed by atoms with van der Waals surface area (Å²) in [5.74, 6) is 0.841. The number of anilines is 1. The highest BCUT2D eigenvalue weighted by molar-refractivity contribution is 14.0. The first-order chi connectivity index (χ1) is 11.4. The maximum atomic E-state index is 10.5. The van der Waals surface area contributed by atoms with Crippen LogP contribution in [0.15, 0.2) is 59.6 Å². The van der Waals surface area contributed by atoms with Gasteiger partial charge in [0.15, 0.2) is 5.96 Å². The van der Waals surface area contributed by atoms with Crippen LogP contribution < -0.4 is 11.1 Å². The number of nitrogens with zero attached hydrogens (tertiary/aromatic N) is 1. The van der Waals surface area contributed by atoms with Gasteiger partial charge in [-0.3, -0.25) is 0 Å². The summed E-state index contributed by atoms with van der Waals surface area (Å²) >= 11 is 0. The molecule has 136 valence electrons. The molecule has 0 radical (unpaired) electrons. The van der Waals surface area contributed by atoms with Gasteiger partial charge >= 0.3 is 0 Å². The lowest BCUT2D eigenvalue weighted by Gasteiger charge is -2.21. The second-order valence-electron chi connectivity index (χ2n) is 6.40. The predicted molar refractivity (Wildman–Crippen MR) is 117 cm³/mol. The van der Waals surface area contributed by atoms with Crippen LogP contribution in [-0.2, 0) is 5.60 Å². The molecule has 4 nitrogen and oxygen atoms in total. The Balaban J connectivity index is 0.00000312. The van der Waals surface area contributed by atoms with Crippen molar-refractivity contribution in [2.75, 3.05) is 11.9 Å². The molecule has 0 fully saturated rings. The minimum Gasteiger partial charge on any atom is -0.384 e. The average Bonchev–Trinajstić information content (AvgIpc) is 2.61. The van der Waals surface area contributed by atoms with Crippen LogP contribution in [0.5, 0.6) is 0 Å². The summed E-state index contributed by atoms with van der Waals surface area (Å²) in [5, 5.41) is 13.6. The summed E-state index contributed by atoms with van der Waals surface area (Å²) in [5.41, 5.74) is 7.92. The van der Waals surface area contributed by atoms with Crippen LogP contribution in [0, 0.1) is 0 Å². The summed E-state index contributed by atoms with van der Waals surface area (Å²) in [4.78, 5) is 4.27. The molecule has 0 heterocycles. The first-order valence-electron chi connectivity index (χ1n) is 8.37. The summed E-state index contributed by atoms with van der Waals surface area (Å²) in [7, 11) is 0. The quantitative estimate of drug-likeness (QED) is 0.344. The van der Waals surface area contributed by atoms with Crippen molar-refractivity contribution in [2.24, 2.45) is 10.7 Å². The largest absolute Gasteiger partial charge is 0.384 e. The third-order valence-corrected chi connectivity index (χ3v) is 4.32. The van der Waals surface area contributed by atoms with Crippen molar-refractivity contribution >= 4 is 35.6 Å². The van der Waals surface area contributed by atoms with Crippen LogP contribution in [-0.4, -0.2) is 17.6 Å². The van der Waals surface area contributed by atoms with Gasteiger partial charge in [0.05, 0.1) is 6.54 Å². The summed E-state index contributed by atoms with van der Waals surface area (Å²) < 4.78 is 0. The van der Waals surface area contributed by atoms with E-state index in [9.17, 15) is 5.11 Å². The Hall–Kier alpha value is -1.60. The molecule has 25 heavy (non-hydrogen) atoms. The van der Waals surface area contributed by atoms with Crippen molar-refractivity contribution in [3.8, 4) is 0 Å². The number of halogens is 1. The van der Waals surface area contributed by atoms with Gasteiger partial charge in [-0.2, -0.15) is 0 Å². The zero-order chi connectivity index (χ0) is 17.6. The molecule has 5 heteroatoms. The molecule has 0 aliphatic rings. The van der Waals surface area contributed by atoms with E-state index in [4.69, 9.17) is 5.73 Å². The Bertz CT molecular complexity index is 669. The number of hydrogen-bond acceptors (Lipinski definition) is 2. The zero-order valence-corrected chi connectivity index (χ0v) is 17.4. The fraction of sp³-hybridized carbons (Fsp3) is 0.350. The minimum absolute atomic E-state index is 0. The van der Waals surface area contributed by atoms with Crippen LogP contribution in [0.1, 0.15) is 44.2 Å². The van der Waals surface area contributed by atoms with E-state index >= 15 is 0 Å². The molecule has 2 aromatic rings. The number of rotatable bonds is 6. The fourth-order valence-corrected chi connectivity index (χ4v) is 2.45. The van der Waals surface area contributed by atoms with Crippen LogP contribution in [0.2, 0.25) is 0 Å². The molecule has 0 spiro atoms.